The molecular weight excluding hydrogens is 442 g/mol. The molecule has 31 heavy (non-hydrogen) atoms. The van der Waals surface area contributed by atoms with Crippen molar-refractivity contribution in [2.24, 2.45) is 0 Å². The van der Waals surface area contributed by atoms with E-state index in [1.807, 2.05) is 41.8 Å². The monoisotopic (exact) mass is 462 g/mol. The summed E-state index contributed by atoms with van der Waals surface area (Å²) >= 11 is 1.22. The third kappa shape index (κ3) is 5.22. The molecule has 5 nitrogen and oxygen atoms in total. The first kappa shape index (κ1) is 23.1. The lowest BCUT2D eigenvalue weighted by Crippen LogP contribution is -2.17. The molecule has 0 aliphatic carbocycles. The third-order valence-electron chi connectivity index (χ3n) is 4.65. The molecule has 162 valence electrons. The molecule has 0 aliphatic heterocycles. The van der Waals surface area contributed by atoms with Gasteiger partial charge < -0.3 is 10.4 Å². The van der Waals surface area contributed by atoms with Gasteiger partial charge in [0.15, 0.2) is 11.5 Å². The Morgan fingerprint density at radius 3 is 2.65 bits per heavy atom. The van der Waals surface area contributed by atoms with Gasteiger partial charge in [0.05, 0.1) is 6.61 Å². The third-order valence-corrected chi connectivity index (χ3v) is 5.67. The maximum Gasteiger partial charge on any atom is 0.168 e. The number of halogens is 3. The highest BCUT2D eigenvalue weighted by atomic mass is 35.5. The molecule has 4 aromatic rings. The molecule has 2 N–H and O–H groups in total. The second-order valence-corrected chi connectivity index (χ2v) is 7.96. The normalized spacial score (nSPS) is 11.0. The molecule has 0 radical (unpaired) electrons. The van der Waals surface area contributed by atoms with Crippen LogP contribution in [-0.2, 0) is 6.54 Å². The minimum Gasteiger partial charge on any atom is -0.395 e. The number of aliphatic hydroxyl groups is 1. The van der Waals surface area contributed by atoms with Crippen LogP contribution in [0, 0.1) is 18.6 Å². The first-order chi connectivity index (χ1) is 14.5. The van der Waals surface area contributed by atoms with Gasteiger partial charge in [-0.2, -0.15) is 0 Å². The van der Waals surface area contributed by atoms with E-state index >= 15 is 0 Å². The second kappa shape index (κ2) is 10.2. The van der Waals surface area contributed by atoms with Crippen LogP contribution in [0.2, 0.25) is 0 Å². The van der Waals surface area contributed by atoms with Gasteiger partial charge in [-0.3, -0.25) is 4.40 Å². The first-order valence-electron chi connectivity index (χ1n) is 9.44. The summed E-state index contributed by atoms with van der Waals surface area (Å²) in [5, 5.41) is 20.6. The lowest BCUT2D eigenvalue weighted by atomic mass is 10.0. The molecular formula is C22H21ClF2N4OS. The number of hydrogen-bond donors (Lipinski definition) is 2. The van der Waals surface area contributed by atoms with E-state index in [1.165, 1.54) is 23.9 Å². The predicted octanol–water partition coefficient (Wildman–Crippen LogP) is 4.64. The standard InChI is InChI=1S/C22H20F2N4OS.ClH/c1-14-10-15(12-25-8-9-29)2-5-18(14)22-27-26-21-7-4-17(13-28(21)22)30-20-6-3-16(23)11-19(20)24;/h2-7,10-11,13,25,29H,8-9,12H2,1H3;1H. The lowest BCUT2D eigenvalue weighted by molar-refractivity contribution is 0.292. The number of fused-ring (bicyclic) bond motifs is 1. The van der Waals surface area contributed by atoms with Crippen molar-refractivity contribution in [3.63, 3.8) is 0 Å². The zero-order chi connectivity index (χ0) is 21.1. The van der Waals surface area contributed by atoms with Crippen LogP contribution in [0.25, 0.3) is 17.0 Å². The molecule has 0 bridgehead atoms. The number of hydrogen-bond acceptors (Lipinski definition) is 5. The molecule has 0 amide bonds. The van der Waals surface area contributed by atoms with Gasteiger partial charge in [0.1, 0.15) is 11.6 Å². The summed E-state index contributed by atoms with van der Waals surface area (Å²) < 4.78 is 29.1. The summed E-state index contributed by atoms with van der Waals surface area (Å²) in [4.78, 5) is 1.14. The van der Waals surface area contributed by atoms with Crippen molar-refractivity contribution < 1.29 is 13.9 Å². The minimum absolute atomic E-state index is 0. The highest BCUT2D eigenvalue weighted by Crippen LogP contribution is 2.31. The van der Waals surface area contributed by atoms with Crippen molar-refractivity contribution in [3.8, 4) is 11.4 Å². The van der Waals surface area contributed by atoms with Gasteiger partial charge in [0.2, 0.25) is 0 Å². The summed E-state index contributed by atoms with van der Waals surface area (Å²) in [7, 11) is 0. The Morgan fingerprint density at radius 1 is 1.06 bits per heavy atom. The fraction of sp³-hybridized carbons (Fsp3) is 0.182. The molecule has 2 aromatic carbocycles. The predicted molar refractivity (Wildman–Crippen MR) is 120 cm³/mol. The molecule has 2 heterocycles. The van der Waals surface area contributed by atoms with Gasteiger partial charge >= 0.3 is 0 Å². The Hall–Kier alpha value is -2.52. The van der Waals surface area contributed by atoms with Crippen LogP contribution < -0.4 is 5.32 Å². The molecule has 0 saturated carbocycles. The topological polar surface area (TPSA) is 62.5 Å². The van der Waals surface area contributed by atoms with Crippen LogP contribution in [0.15, 0.2) is 64.5 Å². The smallest absolute Gasteiger partial charge is 0.168 e. The lowest BCUT2D eigenvalue weighted by Gasteiger charge is -2.09. The molecule has 0 fully saturated rings. The quantitative estimate of drug-likeness (QED) is 0.392. The van der Waals surface area contributed by atoms with E-state index in [0.717, 1.165) is 27.7 Å². The average Bonchev–Trinajstić information content (AvgIpc) is 3.13. The van der Waals surface area contributed by atoms with Gasteiger partial charge in [0.25, 0.3) is 0 Å². The Bertz CT molecular complexity index is 1200. The molecule has 0 unspecified atom stereocenters. The van der Waals surface area contributed by atoms with E-state index in [-0.39, 0.29) is 19.0 Å². The van der Waals surface area contributed by atoms with Crippen LogP contribution in [0.3, 0.4) is 0 Å². The van der Waals surface area contributed by atoms with Crippen molar-refractivity contribution >= 4 is 29.8 Å². The Morgan fingerprint density at radius 2 is 1.90 bits per heavy atom. The molecule has 0 saturated heterocycles. The highest BCUT2D eigenvalue weighted by molar-refractivity contribution is 7.99. The molecule has 0 aliphatic rings. The highest BCUT2D eigenvalue weighted by Gasteiger charge is 2.13. The van der Waals surface area contributed by atoms with Gasteiger partial charge in [0, 0.05) is 40.7 Å². The van der Waals surface area contributed by atoms with Crippen molar-refractivity contribution in [1.82, 2.24) is 19.9 Å². The average molecular weight is 463 g/mol. The largest absolute Gasteiger partial charge is 0.395 e. The zero-order valence-corrected chi connectivity index (χ0v) is 18.3. The van der Waals surface area contributed by atoms with E-state index in [2.05, 4.69) is 21.6 Å². The van der Waals surface area contributed by atoms with Crippen molar-refractivity contribution in [1.29, 1.82) is 0 Å². The van der Waals surface area contributed by atoms with E-state index in [1.54, 1.807) is 0 Å². The maximum atomic E-state index is 14.0. The zero-order valence-electron chi connectivity index (χ0n) is 16.7. The van der Waals surface area contributed by atoms with Gasteiger partial charge in [-0.15, -0.1) is 22.6 Å². The summed E-state index contributed by atoms with van der Waals surface area (Å²) in [5.41, 5.74) is 3.79. The summed E-state index contributed by atoms with van der Waals surface area (Å²) in [6.45, 7) is 3.33. The Kier molecular flexibility index (Phi) is 7.61. The van der Waals surface area contributed by atoms with Crippen LogP contribution in [-0.4, -0.2) is 32.9 Å². The number of benzene rings is 2. The number of rotatable bonds is 7. The van der Waals surface area contributed by atoms with Crippen molar-refractivity contribution in [2.45, 2.75) is 23.3 Å². The molecule has 2 aromatic heterocycles. The van der Waals surface area contributed by atoms with E-state index in [4.69, 9.17) is 5.11 Å². The van der Waals surface area contributed by atoms with Crippen molar-refractivity contribution in [2.75, 3.05) is 13.2 Å². The van der Waals surface area contributed by atoms with Gasteiger partial charge in [-0.05, 0) is 42.3 Å². The maximum absolute atomic E-state index is 14.0. The first-order valence-corrected chi connectivity index (χ1v) is 10.3. The molecule has 0 spiro atoms. The number of pyridine rings is 1. The van der Waals surface area contributed by atoms with Gasteiger partial charge in [-0.1, -0.05) is 30.0 Å². The number of aryl methyl sites for hydroxylation is 1. The van der Waals surface area contributed by atoms with Gasteiger partial charge in [-0.25, -0.2) is 8.78 Å². The summed E-state index contributed by atoms with van der Waals surface area (Å²) in [6, 6.07) is 13.3. The van der Waals surface area contributed by atoms with Crippen LogP contribution >= 0.6 is 24.2 Å². The SMILES string of the molecule is Cc1cc(CNCCO)ccc1-c1nnc2ccc(Sc3ccc(F)cc3F)cn12.Cl. The number of aliphatic hydroxyl groups excluding tert-OH is 1. The second-order valence-electron chi connectivity index (χ2n) is 6.84. The number of nitrogens with one attached hydrogen (secondary N) is 1. The van der Waals surface area contributed by atoms with E-state index in [9.17, 15) is 8.78 Å². The van der Waals surface area contributed by atoms with Crippen LogP contribution in [0.4, 0.5) is 8.78 Å². The van der Waals surface area contributed by atoms with Crippen molar-refractivity contribution in [3.05, 3.63) is 77.5 Å². The molecule has 4 rings (SSSR count). The number of aromatic nitrogens is 3. The Labute approximate surface area is 188 Å². The van der Waals surface area contributed by atoms with E-state index < -0.39 is 11.6 Å². The van der Waals surface area contributed by atoms with Crippen LogP contribution in [0.1, 0.15) is 11.1 Å². The fourth-order valence-electron chi connectivity index (χ4n) is 3.20. The minimum atomic E-state index is -0.598. The molecule has 9 heteroatoms. The van der Waals surface area contributed by atoms with Crippen LogP contribution in [0.5, 0.6) is 0 Å². The fourth-order valence-corrected chi connectivity index (χ4v) is 4.04. The van der Waals surface area contributed by atoms with E-state index in [0.29, 0.717) is 29.5 Å². The summed E-state index contributed by atoms with van der Waals surface area (Å²) in [5.74, 6) is -0.497. The summed E-state index contributed by atoms with van der Waals surface area (Å²) in [6.07, 6.45) is 1.86. The molecule has 0 atom stereocenters. The number of nitrogens with zero attached hydrogens (tertiary/aromatic N) is 3. The Balaban J connectivity index is 0.00000272.